The highest BCUT2D eigenvalue weighted by Gasteiger charge is 2.13. The van der Waals surface area contributed by atoms with E-state index >= 15 is 0 Å². The summed E-state index contributed by atoms with van der Waals surface area (Å²) in [5.41, 5.74) is 5.40. The van der Waals surface area contributed by atoms with Gasteiger partial charge in [-0.15, -0.1) is 0 Å². The van der Waals surface area contributed by atoms with Gasteiger partial charge in [-0.3, -0.25) is 0 Å². The molecule has 0 aliphatic carbocycles. The topological polar surface area (TPSA) is 114 Å². The fourth-order valence-corrected chi connectivity index (χ4v) is 2.35. The van der Waals surface area contributed by atoms with E-state index in [0.29, 0.717) is 6.42 Å². The molecule has 0 atom stereocenters. The lowest BCUT2D eigenvalue weighted by Crippen LogP contribution is -2.26. The third-order valence-electron chi connectivity index (χ3n) is 2.28. The zero-order valence-corrected chi connectivity index (χ0v) is 10.3. The van der Waals surface area contributed by atoms with Gasteiger partial charge in [0.2, 0.25) is 10.0 Å². The predicted molar refractivity (Wildman–Crippen MR) is 66.1 cm³/mol. The van der Waals surface area contributed by atoms with Crippen LogP contribution in [-0.2, 0) is 16.4 Å². The maximum Gasteiger partial charge on any atom is 0.242 e. The quantitative estimate of drug-likeness (QED) is 0.700. The van der Waals surface area contributed by atoms with Crippen molar-refractivity contribution in [3.8, 4) is 0 Å². The Morgan fingerprint density at radius 1 is 1.33 bits per heavy atom. The van der Waals surface area contributed by atoms with Crippen LogP contribution in [0.3, 0.4) is 0 Å². The van der Waals surface area contributed by atoms with Gasteiger partial charge in [-0.2, -0.15) is 0 Å². The minimum atomic E-state index is -3.54. The van der Waals surface area contributed by atoms with Crippen molar-refractivity contribution >= 4 is 15.8 Å². The van der Waals surface area contributed by atoms with Gasteiger partial charge in [-0.25, -0.2) is 23.1 Å². The minimum Gasteiger partial charge on any atom is -0.384 e. The molecule has 0 spiro atoms. The molecule has 0 bridgehead atoms. The molecule has 0 unspecified atom stereocenters. The number of aromatic amines is 1. The summed E-state index contributed by atoms with van der Waals surface area (Å²) >= 11 is 0. The molecule has 0 saturated carbocycles. The number of nitrogens with one attached hydrogen (secondary N) is 2. The summed E-state index contributed by atoms with van der Waals surface area (Å²) in [4.78, 5) is 10.7. The first-order valence-corrected chi connectivity index (χ1v) is 6.76. The van der Waals surface area contributed by atoms with Crippen molar-refractivity contribution < 1.29 is 8.42 Å². The molecule has 0 aromatic carbocycles. The van der Waals surface area contributed by atoms with Crippen molar-refractivity contribution in [3.63, 3.8) is 0 Å². The molecule has 0 aliphatic heterocycles. The molecule has 0 saturated heterocycles. The number of sulfonamides is 1. The third-order valence-corrected chi connectivity index (χ3v) is 3.72. The van der Waals surface area contributed by atoms with E-state index in [2.05, 4.69) is 19.7 Å². The number of H-pyrrole nitrogens is 1. The highest BCUT2D eigenvalue weighted by Crippen LogP contribution is 2.08. The van der Waals surface area contributed by atoms with E-state index in [4.69, 9.17) is 5.73 Å². The number of nitrogens with zero attached hydrogens (tertiary/aromatic N) is 2. The van der Waals surface area contributed by atoms with Crippen molar-refractivity contribution in [1.82, 2.24) is 19.7 Å². The largest absolute Gasteiger partial charge is 0.384 e. The van der Waals surface area contributed by atoms with E-state index in [0.717, 1.165) is 5.82 Å². The Hall–Kier alpha value is -1.93. The number of imidazole rings is 1. The molecule has 2 aromatic rings. The molecule has 2 rings (SSSR count). The normalized spacial score (nSPS) is 11.6. The molecule has 0 aliphatic rings. The standard InChI is InChI=1S/C10H13N5O2S/c11-9-2-1-8(7-14-9)18(16,17)15-4-3-10-12-5-6-13-10/h1-2,5-7,15H,3-4H2,(H2,11,14)(H,12,13). The minimum absolute atomic E-state index is 0.0937. The van der Waals surface area contributed by atoms with Crippen molar-refractivity contribution in [2.24, 2.45) is 0 Å². The highest BCUT2D eigenvalue weighted by molar-refractivity contribution is 7.89. The first-order chi connectivity index (χ1) is 8.58. The molecule has 0 fully saturated rings. The Kier molecular flexibility index (Phi) is 3.58. The summed E-state index contributed by atoms with van der Waals surface area (Å²) in [6.07, 6.45) is 5.03. The smallest absolute Gasteiger partial charge is 0.242 e. The second-order valence-electron chi connectivity index (χ2n) is 3.60. The lowest BCUT2D eigenvalue weighted by atomic mass is 10.4. The van der Waals surface area contributed by atoms with Gasteiger partial charge < -0.3 is 10.7 Å². The van der Waals surface area contributed by atoms with Gasteiger partial charge in [0.05, 0.1) is 0 Å². The first kappa shape index (κ1) is 12.5. The van der Waals surface area contributed by atoms with Crippen molar-refractivity contribution in [1.29, 1.82) is 0 Å². The molecule has 7 nitrogen and oxygen atoms in total. The van der Waals surface area contributed by atoms with Gasteiger partial charge >= 0.3 is 0 Å². The van der Waals surface area contributed by atoms with Gasteiger partial charge in [0.1, 0.15) is 16.5 Å². The van der Waals surface area contributed by atoms with Crippen LogP contribution < -0.4 is 10.5 Å². The van der Waals surface area contributed by atoms with Crippen molar-refractivity contribution in [2.75, 3.05) is 12.3 Å². The van der Waals surface area contributed by atoms with Gasteiger partial charge in [-0.05, 0) is 12.1 Å². The van der Waals surface area contributed by atoms with Gasteiger partial charge in [0.15, 0.2) is 0 Å². The van der Waals surface area contributed by atoms with Crippen LogP contribution >= 0.6 is 0 Å². The zero-order valence-electron chi connectivity index (χ0n) is 9.50. The summed E-state index contributed by atoms with van der Waals surface area (Å²) in [5.74, 6) is 1.01. The van der Waals surface area contributed by atoms with Crippen LogP contribution in [0.4, 0.5) is 5.82 Å². The zero-order chi connectivity index (χ0) is 13.0. The van der Waals surface area contributed by atoms with Crippen LogP contribution in [0.5, 0.6) is 0 Å². The average Bonchev–Trinajstić information content (AvgIpc) is 2.82. The summed E-state index contributed by atoms with van der Waals surface area (Å²) in [6, 6.07) is 2.86. The Morgan fingerprint density at radius 2 is 2.17 bits per heavy atom. The van der Waals surface area contributed by atoms with Gasteiger partial charge in [0.25, 0.3) is 0 Å². The Balaban J connectivity index is 1.97. The number of hydrogen-bond donors (Lipinski definition) is 3. The van der Waals surface area contributed by atoms with E-state index in [1.54, 1.807) is 12.4 Å². The molecule has 18 heavy (non-hydrogen) atoms. The van der Waals surface area contributed by atoms with E-state index in [-0.39, 0.29) is 17.3 Å². The van der Waals surface area contributed by atoms with E-state index < -0.39 is 10.0 Å². The number of nitrogen functional groups attached to an aromatic ring is 1. The molecule has 2 heterocycles. The molecular formula is C10H13N5O2S. The number of nitrogens with two attached hydrogens (primary N) is 1. The Labute approximate surface area is 105 Å². The highest BCUT2D eigenvalue weighted by atomic mass is 32.2. The number of rotatable bonds is 5. The molecule has 8 heteroatoms. The molecule has 0 amide bonds. The number of anilines is 1. The van der Waals surface area contributed by atoms with Crippen molar-refractivity contribution in [3.05, 3.63) is 36.5 Å². The van der Waals surface area contributed by atoms with Crippen LogP contribution in [0.25, 0.3) is 0 Å². The third kappa shape index (κ3) is 3.05. The number of pyridine rings is 1. The van der Waals surface area contributed by atoms with Crippen LogP contribution in [0, 0.1) is 0 Å². The summed E-state index contributed by atoms with van der Waals surface area (Å²) < 4.78 is 26.2. The summed E-state index contributed by atoms with van der Waals surface area (Å²) in [6.45, 7) is 0.264. The van der Waals surface area contributed by atoms with Gasteiger partial charge in [0, 0.05) is 31.6 Å². The lowest BCUT2D eigenvalue weighted by molar-refractivity contribution is 0.580. The van der Waals surface area contributed by atoms with Crippen LogP contribution in [-0.4, -0.2) is 29.9 Å². The number of hydrogen-bond acceptors (Lipinski definition) is 5. The average molecular weight is 267 g/mol. The van der Waals surface area contributed by atoms with E-state index in [1.807, 2.05) is 0 Å². The second-order valence-corrected chi connectivity index (χ2v) is 5.37. The van der Waals surface area contributed by atoms with E-state index in [1.165, 1.54) is 18.3 Å². The van der Waals surface area contributed by atoms with Crippen molar-refractivity contribution in [2.45, 2.75) is 11.3 Å². The van der Waals surface area contributed by atoms with Crippen LogP contribution in [0.1, 0.15) is 5.82 Å². The molecular weight excluding hydrogens is 254 g/mol. The predicted octanol–water partition coefficient (Wildman–Crippen LogP) is -0.0921. The van der Waals surface area contributed by atoms with E-state index in [9.17, 15) is 8.42 Å². The lowest BCUT2D eigenvalue weighted by Gasteiger charge is -2.05. The molecule has 2 aromatic heterocycles. The fraction of sp³-hybridized carbons (Fsp3) is 0.200. The maximum atomic E-state index is 11.8. The van der Waals surface area contributed by atoms with Crippen LogP contribution in [0.2, 0.25) is 0 Å². The Morgan fingerprint density at radius 3 is 2.78 bits per heavy atom. The van der Waals surface area contributed by atoms with Crippen LogP contribution in [0.15, 0.2) is 35.6 Å². The van der Waals surface area contributed by atoms with Gasteiger partial charge in [-0.1, -0.05) is 0 Å². The molecule has 0 radical (unpaired) electrons. The maximum absolute atomic E-state index is 11.8. The second kappa shape index (κ2) is 5.15. The Bertz CT molecular complexity index is 592. The first-order valence-electron chi connectivity index (χ1n) is 5.27. The fourth-order valence-electron chi connectivity index (χ4n) is 1.37. The number of aromatic nitrogens is 3. The molecule has 96 valence electrons. The SMILES string of the molecule is Nc1ccc(S(=O)(=O)NCCc2ncc[nH]2)cn1. The summed E-state index contributed by atoms with van der Waals surface area (Å²) in [7, 11) is -3.54. The monoisotopic (exact) mass is 267 g/mol. The molecule has 4 N–H and O–H groups in total. The summed E-state index contributed by atoms with van der Waals surface area (Å²) in [5, 5.41) is 0.